The van der Waals surface area contributed by atoms with Crippen molar-refractivity contribution in [2.75, 3.05) is 33.3 Å². The second-order valence-corrected chi connectivity index (χ2v) is 7.14. The molecule has 1 fully saturated rings. The van der Waals surface area contributed by atoms with Gasteiger partial charge in [0, 0.05) is 38.0 Å². The molecule has 2 heterocycles. The van der Waals surface area contributed by atoms with Crippen LogP contribution in [0.3, 0.4) is 0 Å². The molecule has 7 nitrogen and oxygen atoms in total. The average molecular weight is 392 g/mol. The number of methoxy groups -OCH3 is 1. The highest BCUT2D eigenvalue weighted by Gasteiger charge is 2.26. The number of fused-ring (bicyclic) bond motifs is 1. The lowest BCUT2D eigenvalue weighted by molar-refractivity contribution is -0.132. The molecule has 0 saturated carbocycles. The number of piperazine rings is 1. The van der Waals surface area contributed by atoms with E-state index in [1.54, 1.807) is 12.0 Å². The molecule has 1 aromatic heterocycles. The summed E-state index contributed by atoms with van der Waals surface area (Å²) in [5.74, 6) is 0.844. The molecule has 4 rings (SSSR count). The van der Waals surface area contributed by atoms with Gasteiger partial charge < -0.3 is 14.5 Å². The maximum Gasteiger partial charge on any atom is 0.275 e. The van der Waals surface area contributed by atoms with E-state index in [1.165, 1.54) is 0 Å². The maximum absolute atomic E-state index is 12.8. The van der Waals surface area contributed by atoms with Crippen LogP contribution in [-0.4, -0.2) is 65.1 Å². The van der Waals surface area contributed by atoms with Crippen LogP contribution in [-0.2, 0) is 11.2 Å². The van der Waals surface area contributed by atoms with E-state index in [2.05, 4.69) is 10.2 Å². The summed E-state index contributed by atoms with van der Waals surface area (Å²) in [6.07, 6.45) is 1.16. The Hall–Kier alpha value is -3.35. The average Bonchev–Trinajstić information content (AvgIpc) is 3.21. The number of H-pyrrole nitrogens is 1. The van der Waals surface area contributed by atoms with Gasteiger partial charge in [0.1, 0.15) is 5.75 Å². The first kappa shape index (κ1) is 19.0. The number of benzene rings is 2. The third-order valence-corrected chi connectivity index (χ3v) is 5.38. The van der Waals surface area contributed by atoms with Gasteiger partial charge in [0.15, 0.2) is 5.69 Å². The fourth-order valence-corrected chi connectivity index (χ4v) is 3.64. The van der Waals surface area contributed by atoms with E-state index in [4.69, 9.17) is 4.74 Å². The Kier molecular flexibility index (Phi) is 5.46. The van der Waals surface area contributed by atoms with Crippen molar-refractivity contribution in [3.05, 3.63) is 59.8 Å². The summed E-state index contributed by atoms with van der Waals surface area (Å²) in [5, 5.41) is 7.93. The van der Waals surface area contributed by atoms with E-state index >= 15 is 0 Å². The second kappa shape index (κ2) is 8.34. The number of aromatic nitrogens is 2. The summed E-state index contributed by atoms with van der Waals surface area (Å²) in [6.45, 7) is 2.15. The first-order valence-corrected chi connectivity index (χ1v) is 9.79. The Morgan fingerprint density at radius 1 is 1.00 bits per heavy atom. The molecule has 3 aromatic rings. The van der Waals surface area contributed by atoms with Gasteiger partial charge in [0.2, 0.25) is 5.91 Å². The number of ether oxygens (including phenoxy) is 1. The van der Waals surface area contributed by atoms with Crippen LogP contribution in [0.25, 0.3) is 10.9 Å². The number of carbonyl (C=O) groups excluding carboxylic acids is 2. The molecule has 1 saturated heterocycles. The van der Waals surface area contributed by atoms with Crippen LogP contribution < -0.4 is 4.74 Å². The highest BCUT2D eigenvalue weighted by molar-refractivity contribution is 6.04. The van der Waals surface area contributed by atoms with Crippen molar-refractivity contribution in [1.82, 2.24) is 20.0 Å². The van der Waals surface area contributed by atoms with E-state index in [9.17, 15) is 9.59 Å². The second-order valence-electron chi connectivity index (χ2n) is 7.14. The van der Waals surface area contributed by atoms with Crippen molar-refractivity contribution in [3.63, 3.8) is 0 Å². The zero-order valence-corrected chi connectivity index (χ0v) is 16.4. The molecule has 2 amide bonds. The largest absolute Gasteiger partial charge is 0.497 e. The molecule has 1 N–H and O–H groups in total. The molecule has 2 aromatic carbocycles. The molecule has 0 aliphatic carbocycles. The molecule has 1 aliphatic heterocycles. The van der Waals surface area contributed by atoms with Gasteiger partial charge in [0.25, 0.3) is 5.91 Å². The standard InChI is InChI=1S/C22H24N4O3/c1-29-17-9-6-16(7-10-17)8-11-20(27)25-12-14-26(15-13-25)22(28)21-18-4-2-3-5-19(18)23-24-21/h2-7,9-10H,8,11-15H2,1H3,(H,23,24). The van der Waals surface area contributed by atoms with Crippen LogP contribution >= 0.6 is 0 Å². The van der Waals surface area contributed by atoms with Crippen molar-refractivity contribution in [2.45, 2.75) is 12.8 Å². The van der Waals surface area contributed by atoms with Gasteiger partial charge in [0.05, 0.1) is 12.6 Å². The van der Waals surface area contributed by atoms with Gasteiger partial charge in [-0.3, -0.25) is 14.7 Å². The van der Waals surface area contributed by atoms with Crippen molar-refractivity contribution < 1.29 is 14.3 Å². The van der Waals surface area contributed by atoms with Crippen molar-refractivity contribution in [3.8, 4) is 5.75 Å². The van der Waals surface area contributed by atoms with Crippen LogP contribution in [0, 0.1) is 0 Å². The summed E-state index contributed by atoms with van der Waals surface area (Å²) < 4.78 is 5.16. The molecule has 0 unspecified atom stereocenters. The van der Waals surface area contributed by atoms with Gasteiger partial charge in [-0.15, -0.1) is 0 Å². The van der Waals surface area contributed by atoms with Crippen molar-refractivity contribution in [2.24, 2.45) is 0 Å². The quantitative estimate of drug-likeness (QED) is 0.724. The Morgan fingerprint density at radius 3 is 2.41 bits per heavy atom. The predicted molar refractivity (Wildman–Crippen MR) is 110 cm³/mol. The SMILES string of the molecule is COc1ccc(CCC(=O)N2CCN(C(=O)c3n[nH]c4ccccc34)CC2)cc1. The first-order chi connectivity index (χ1) is 14.2. The Labute approximate surface area is 169 Å². The minimum atomic E-state index is -0.0900. The lowest BCUT2D eigenvalue weighted by Gasteiger charge is -2.34. The van der Waals surface area contributed by atoms with Crippen LogP contribution in [0.15, 0.2) is 48.5 Å². The number of carbonyl (C=O) groups is 2. The van der Waals surface area contributed by atoms with Crippen molar-refractivity contribution >= 4 is 22.7 Å². The van der Waals surface area contributed by atoms with Crippen LogP contribution in [0.2, 0.25) is 0 Å². The number of hydrogen-bond donors (Lipinski definition) is 1. The molecule has 0 atom stereocenters. The third kappa shape index (κ3) is 4.08. The molecule has 0 spiro atoms. The molecule has 150 valence electrons. The first-order valence-electron chi connectivity index (χ1n) is 9.79. The molecular weight excluding hydrogens is 368 g/mol. The Morgan fingerprint density at radius 2 is 1.69 bits per heavy atom. The summed E-state index contributed by atoms with van der Waals surface area (Å²) in [7, 11) is 1.64. The summed E-state index contributed by atoms with van der Waals surface area (Å²) in [4.78, 5) is 29.0. The normalized spacial score (nSPS) is 14.2. The zero-order chi connectivity index (χ0) is 20.2. The van der Waals surface area contributed by atoms with Gasteiger partial charge in [-0.2, -0.15) is 5.10 Å². The molecule has 0 bridgehead atoms. The topological polar surface area (TPSA) is 78.5 Å². The Bertz CT molecular complexity index is 1000. The third-order valence-electron chi connectivity index (χ3n) is 5.38. The summed E-state index contributed by atoms with van der Waals surface area (Å²) in [6, 6.07) is 15.4. The van der Waals surface area contributed by atoms with Crippen molar-refractivity contribution in [1.29, 1.82) is 0 Å². The highest BCUT2D eigenvalue weighted by Crippen LogP contribution is 2.18. The number of aryl methyl sites for hydroxylation is 1. The van der Waals surface area contributed by atoms with Crippen LogP contribution in [0.4, 0.5) is 0 Å². The van der Waals surface area contributed by atoms with E-state index in [1.807, 2.05) is 53.4 Å². The van der Waals surface area contributed by atoms with Gasteiger partial charge in [-0.25, -0.2) is 0 Å². The van der Waals surface area contributed by atoms with E-state index in [0.29, 0.717) is 44.7 Å². The molecular formula is C22H24N4O3. The van der Waals surface area contributed by atoms with E-state index < -0.39 is 0 Å². The van der Waals surface area contributed by atoms with Gasteiger partial charge in [-0.05, 0) is 30.2 Å². The smallest absolute Gasteiger partial charge is 0.275 e. The number of hydrogen-bond acceptors (Lipinski definition) is 4. The molecule has 7 heteroatoms. The minimum Gasteiger partial charge on any atom is -0.497 e. The number of nitrogens with zero attached hydrogens (tertiary/aromatic N) is 3. The molecule has 1 aliphatic rings. The van der Waals surface area contributed by atoms with Crippen LogP contribution in [0.1, 0.15) is 22.5 Å². The van der Waals surface area contributed by atoms with Gasteiger partial charge >= 0.3 is 0 Å². The van der Waals surface area contributed by atoms with E-state index in [-0.39, 0.29) is 11.8 Å². The maximum atomic E-state index is 12.8. The number of aromatic amines is 1. The molecule has 0 radical (unpaired) electrons. The van der Waals surface area contributed by atoms with Crippen LogP contribution in [0.5, 0.6) is 5.75 Å². The Balaban J connectivity index is 1.30. The number of nitrogens with one attached hydrogen (secondary N) is 1. The fourth-order valence-electron chi connectivity index (χ4n) is 3.64. The highest BCUT2D eigenvalue weighted by atomic mass is 16.5. The number of para-hydroxylation sites is 1. The lowest BCUT2D eigenvalue weighted by Crippen LogP contribution is -2.50. The monoisotopic (exact) mass is 392 g/mol. The minimum absolute atomic E-state index is 0.0900. The number of rotatable bonds is 5. The van der Waals surface area contributed by atoms with E-state index in [0.717, 1.165) is 22.2 Å². The number of amides is 2. The summed E-state index contributed by atoms with van der Waals surface area (Å²) >= 11 is 0. The molecule has 29 heavy (non-hydrogen) atoms. The van der Waals surface area contributed by atoms with Gasteiger partial charge in [-0.1, -0.05) is 30.3 Å². The predicted octanol–water partition coefficient (Wildman–Crippen LogP) is 2.49. The lowest BCUT2D eigenvalue weighted by atomic mass is 10.1. The fraction of sp³-hybridized carbons (Fsp3) is 0.318. The summed E-state index contributed by atoms with van der Waals surface area (Å²) in [5.41, 5.74) is 2.40. The zero-order valence-electron chi connectivity index (χ0n) is 16.4.